The summed E-state index contributed by atoms with van der Waals surface area (Å²) in [6.45, 7) is 1.95. The van der Waals surface area contributed by atoms with Gasteiger partial charge in [0.05, 0.1) is 0 Å². The van der Waals surface area contributed by atoms with Crippen LogP contribution in [0.15, 0.2) is 66.7 Å². The molecule has 2 amide bonds. The van der Waals surface area contributed by atoms with Crippen LogP contribution in [0, 0.1) is 6.92 Å². The second-order valence-electron chi connectivity index (χ2n) is 7.52. The molecule has 0 saturated heterocycles. The zero-order chi connectivity index (χ0) is 22.5. The van der Waals surface area contributed by atoms with Gasteiger partial charge in [-0.3, -0.25) is 19.7 Å². The molecule has 7 heteroatoms. The number of hydroxylamine groups is 1. The van der Waals surface area contributed by atoms with Crippen molar-refractivity contribution in [3.63, 3.8) is 0 Å². The Balaban J connectivity index is 1.97. The molecule has 1 unspecified atom stereocenters. The number of carbonyl (C=O) groups is 2. The van der Waals surface area contributed by atoms with Crippen LogP contribution in [0.4, 0.5) is 5.69 Å². The summed E-state index contributed by atoms with van der Waals surface area (Å²) >= 11 is 0. The van der Waals surface area contributed by atoms with E-state index >= 15 is 0 Å². The van der Waals surface area contributed by atoms with Gasteiger partial charge in [0, 0.05) is 16.8 Å². The average Bonchev–Trinajstić information content (AvgIpc) is 2.78. The first-order valence-corrected chi connectivity index (χ1v) is 9.71. The summed E-state index contributed by atoms with van der Waals surface area (Å²) in [6, 6.07) is 19.3. The lowest BCUT2D eigenvalue weighted by Gasteiger charge is -2.21. The first-order valence-electron chi connectivity index (χ1n) is 9.71. The highest BCUT2D eigenvalue weighted by Gasteiger charge is 2.15. The highest BCUT2D eigenvalue weighted by atomic mass is 16.5. The van der Waals surface area contributed by atoms with Crippen molar-refractivity contribution in [3.8, 4) is 11.1 Å². The van der Waals surface area contributed by atoms with Crippen LogP contribution in [0.25, 0.3) is 11.1 Å². The van der Waals surface area contributed by atoms with E-state index in [1.54, 1.807) is 73.0 Å². The molecule has 0 fully saturated rings. The topological polar surface area (TPSA) is 102 Å². The molecule has 0 saturated carbocycles. The normalized spacial score (nSPS) is 11.8. The molecule has 0 bridgehead atoms. The summed E-state index contributed by atoms with van der Waals surface area (Å²) in [4.78, 5) is 25.9. The van der Waals surface area contributed by atoms with Crippen LogP contribution in [0.5, 0.6) is 0 Å². The Bertz CT molecular complexity index is 1080. The lowest BCUT2D eigenvalue weighted by atomic mass is 9.99. The first kappa shape index (κ1) is 22.2. The summed E-state index contributed by atoms with van der Waals surface area (Å²) in [5.41, 5.74) is 6.20. The van der Waals surface area contributed by atoms with Gasteiger partial charge in [-0.2, -0.15) is 0 Å². The summed E-state index contributed by atoms with van der Waals surface area (Å²) in [5, 5.41) is 22.2. The van der Waals surface area contributed by atoms with Crippen molar-refractivity contribution in [3.05, 3.63) is 89.0 Å². The predicted molar refractivity (Wildman–Crippen MR) is 119 cm³/mol. The summed E-state index contributed by atoms with van der Waals surface area (Å²) in [5.74, 6) is -0.855. The molecule has 0 spiro atoms. The second-order valence-corrected chi connectivity index (χ2v) is 7.52. The fourth-order valence-electron chi connectivity index (χ4n) is 3.12. The molecule has 4 N–H and O–H groups in total. The van der Waals surface area contributed by atoms with E-state index in [0.29, 0.717) is 22.4 Å². The van der Waals surface area contributed by atoms with E-state index in [0.717, 1.165) is 16.7 Å². The Hall–Kier alpha value is -3.52. The van der Waals surface area contributed by atoms with E-state index in [1.165, 1.54) is 0 Å². The number of aryl methyl sites for hydroxylation is 1. The number of benzene rings is 3. The average molecular weight is 419 g/mol. The molecule has 3 aromatic rings. The predicted octanol–water partition coefficient (Wildman–Crippen LogP) is 3.59. The molecular formula is C24H25N3O4. The lowest BCUT2D eigenvalue weighted by molar-refractivity contribution is 0.0396. The van der Waals surface area contributed by atoms with Crippen molar-refractivity contribution in [1.29, 1.82) is 0 Å². The minimum Gasteiger partial charge on any atom is -0.374 e. The number of hydrogen-bond donors (Lipinski definition) is 4. The number of aliphatic hydroxyl groups is 1. The van der Waals surface area contributed by atoms with Gasteiger partial charge < -0.3 is 10.4 Å². The zero-order valence-electron chi connectivity index (χ0n) is 17.6. The van der Waals surface area contributed by atoms with Crippen molar-refractivity contribution >= 4 is 17.5 Å². The van der Waals surface area contributed by atoms with E-state index in [4.69, 9.17) is 5.21 Å². The standard InChI is InChI=1S/C24H25N3O4/c1-15-4-6-17(7-5-15)22(28)25-21-13-19(12-20(14-21)24(30)27(2)3)16-8-10-18(11-9-16)23(29)26-31/h4-14,24,30-31H,1-3H3,(H,25,28)(H,26,29). The van der Waals surface area contributed by atoms with Gasteiger partial charge in [-0.15, -0.1) is 0 Å². The van der Waals surface area contributed by atoms with Gasteiger partial charge in [0.2, 0.25) is 0 Å². The van der Waals surface area contributed by atoms with E-state index in [2.05, 4.69) is 5.32 Å². The summed E-state index contributed by atoms with van der Waals surface area (Å²) in [6.07, 6.45) is -0.866. The molecule has 0 aromatic heterocycles. The molecule has 1 atom stereocenters. The number of amides is 2. The number of nitrogens with zero attached hydrogens (tertiary/aromatic N) is 1. The van der Waals surface area contributed by atoms with E-state index in [1.807, 2.05) is 25.1 Å². The monoisotopic (exact) mass is 419 g/mol. The number of nitrogens with one attached hydrogen (secondary N) is 2. The van der Waals surface area contributed by atoms with Crippen molar-refractivity contribution in [2.45, 2.75) is 13.2 Å². The maximum Gasteiger partial charge on any atom is 0.274 e. The Morgan fingerprint density at radius 3 is 2.00 bits per heavy atom. The number of hydrogen-bond acceptors (Lipinski definition) is 5. The smallest absolute Gasteiger partial charge is 0.274 e. The molecule has 160 valence electrons. The summed E-state index contributed by atoms with van der Waals surface area (Å²) in [7, 11) is 3.51. The molecule has 0 aliphatic carbocycles. The van der Waals surface area contributed by atoms with Gasteiger partial charge in [-0.05, 0) is 80.2 Å². The number of aliphatic hydroxyl groups excluding tert-OH is 1. The molecule has 0 aliphatic heterocycles. The van der Waals surface area contributed by atoms with Crippen molar-refractivity contribution in [1.82, 2.24) is 10.4 Å². The Kier molecular flexibility index (Phi) is 6.81. The Morgan fingerprint density at radius 2 is 1.42 bits per heavy atom. The fraction of sp³-hybridized carbons (Fsp3) is 0.167. The second kappa shape index (κ2) is 9.53. The minimum absolute atomic E-state index is 0.252. The van der Waals surface area contributed by atoms with E-state index in [-0.39, 0.29) is 5.91 Å². The van der Waals surface area contributed by atoms with Gasteiger partial charge >= 0.3 is 0 Å². The fourth-order valence-corrected chi connectivity index (χ4v) is 3.12. The number of anilines is 1. The van der Waals surface area contributed by atoms with Crippen molar-refractivity contribution < 1.29 is 19.9 Å². The Labute approximate surface area is 180 Å². The van der Waals surface area contributed by atoms with Gasteiger partial charge in [0.25, 0.3) is 11.8 Å². The highest BCUT2D eigenvalue weighted by Crippen LogP contribution is 2.29. The molecule has 0 radical (unpaired) electrons. The number of carbonyl (C=O) groups excluding carboxylic acids is 2. The quantitative estimate of drug-likeness (QED) is 0.278. The van der Waals surface area contributed by atoms with Crippen LogP contribution in [0.3, 0.4) is 0 Å². The van der Waals surface area contributed by atoms with Crippen LogP contribution in [0.2, 0.25) is 0 Å². The van der Waals surface area contributed by atoms with Gasteiger partial charge in [-0.1, -0.05) is 29.8 Å². The van der Waals surface area contributed by atoms with Gasteiger partial charge in [-0.25, -0.2) is 5.48 Å². The van der Waals surface area contributed by atoms with Crippen molar-refractivity contribution in [2.24, 2.45) is 0 Å². The van der Waals surface area contributed by atoms with Crippen LogP contribution in [0.1, 0.15) is 38.1 Å². The molecule has 3 rings (SSSR count). The lowest BCUT2D eigenvalue weighted by Crippen LogP contribution is -2.20. The van der Waals surface area contributed by atoms with E-state index < -0.39 is 12.1 Å². The third kappa shape index (κ3) is 5.35. The van der Waals surface area contributed by atoms with Crippen molar-refractivity contribution in [2.75, 3.05) is 19.4 Å². The van der Waals surface area contributed by atoms with Crippen LogP contribution >= 0.6 is 0 Å². The maximum atomic E-state index is 12.7. The van der Waals surface area contributed by atoms with Crippen LogP contribution < -0.4 is 10.8 Å². The highest BCUT2D eigenvalue weighted by molar-refractivity contribution is 6.04. The van der Waals surface area contributed by atoms with Crippen LogP contribution in [-0.4, -0.2) is 41.1 Å². The first-order chi connectivity index (χ1) is 14.8. The summed E-state index contributed by atoms with van der Waals surface area (Å²) < 4.78 is 0. The van der Waals surface area contributed by atoms with E-state index in [9.17, 15) is 14.7 Å². The molecule has 31 heavy (non-hydrogen) atoms. The minimum atomic E-state index is -0.866. The molecule has 0 heterocycles. The molecule has 7 nitrogen and oxygen atoms in total. The molecular weight excluding hydrogens is 394 g/mol. The third-order valence-corrected chi connectivity index (χ3v) is 4.90. The SMILES string of the molecule is Cc1ccc(C(=O)Nc2cc(-c3ccc(C(=O)NO)cc3)cc(C(O)N(C)C)c2)cc1. The van der Waals surface area contributed by atoms with Gasteiger partial charge in [0.15, 0.2) is 0 Å². The molecule has 0 aliphatic rings. The largest absolute Gasteiger partial charge is 0.374 e. The Morgan fingerprint density at radius 1 is 0.839 bits per heavy atom. The van der Waals surface area contributed by atoms with Crippen LogP contribution in [-0.2, 0) is 0 Å². The maximum absolute atomic E-state index is 12.7. The zero-order valence-corrected chi connectivity index (χ0v) is 17.6. The van der Waals surface area contributed by atoms with Gasteiger partial charge in [0.1, 0.15) is 6.23 Å². The third-order valence-electron chi connectivity index (χ3n) is 4.90. The number of rotatable bonds is 6. The molecule has 3 aromatic carbocycles.